The first-order valence-electron chi connectivity index (χ1n) is 7.99. The number of nitrogens with zero attached hydrogens (tertiary/aromatic N) is 5. The van der Waals surface area contributed by atoms with Gasteiger partial charge in [0.25, 0.3) is 5.56 Å². The molecule has 0 saturated carbocycles. The fourth-order valence-corrected chi connectivity index (χ4v) is 3.34. The van der Waals surface area contributed by atoms with Crippen molar-refractivity contribution in [1.29, 1.82) is 0 Å². The number of aliphatic carboxylic acids is 1. The van der Waals surface area contributed by atoms with Crippen molar-refractivity contribution in [2.24, 2.45) is 14.1 Å². The summed E-state index contributed by atoms with van der Waals surface area (Å²) in [5.41, 5.74) is -0.0984. The maximum atomic E-state index is 12.4. The van der Waals surface area contributed by atoms with Crippen LogP contribution in [0.1, 0.15) is 19.3 Å². The van der Waals surface area contributed by atoms with E-state index in [4.69, 9.17) is 0 Å². The van der Waals surface area contributed by atoms with Crippen molar-refractivity contribution in [3.8, 4) is 0 Å². The summed E-state index contributed by atoms with van der Waals surface area (Å²) in [6.45, 7) is 1.71. The molecule has 0 bridgehead atoms. The SMILES string of the molecule is Cl.Cn1c(=O)c2c(ncn2CCN2CCCCC2C(=O)O)n(C)c1=O. The second-order valence-corrected chi connectivity index (χ2v) is 6.20. The predicted octanol–water partition coefficient (Wildman–Crippen LogP) is -0.205. The third-order valence-corrected chi connectivity index (χ3v) is 4.74. The van der Waals surface area contributed by atoms with Crippen LogP contribution in [0.4, 0.5) is 0 Å². The van der Waals surface area contributed by atoms with E-state index in [1.165, 1.54) is 17.9 Å². The molecule has 1 atom stereocenters. The number of carboxylic acid groups (broad SMARTS) is 1. The first-order chi connectivity index (χ1) is 11.4. The number of rotatable bonds is 4. The normalized spacial score (nSPS) is 18.2. The zero-order chi connectivity index (χ0) is 17.4. The van der Waals surface area contributed by atoms with Crippen LogP contribution in [0.5, 0.6) is 0 Å². The summed E-state index contributed by atoms with van der Waals surface area (Å²) in [4.78, 5) is 41.8. The lowest BCUT2D eigenvalue weighted by Crippen LogP contribution is -2.46. The Morgan fingerprint density at radius 3 is 2.64 bits per heavy atom. The van der Waals surface area contributed by atoms with E-state index in [0.717, 1.165) is 24.0 Å². The summed E-state index contributed by atoms with van der Waals surface area (Å²) in [5.74, 6) is -0.802. The van der Waals surface area contributed by atoms with Crippen molar-refractivity contribution in [2.45, 2.75) is 31.8 Å². The van der Waals surface area contributed by atoms with Gasteiger partial charge in [-0.2, -0.15) is 0 Å². The zero-order valence-electron chi connectivity index (χ0n) is 14.2. The number of aromatic nitrogens is 4. The monoisotopic (exact) mass is 371 g/mol. The van der Waals surface area contributed by atoms with E-state index < -0.39 is 17.7 Å². The lowest BCUT2D eigenvalue weighted by molar-refractivity contribution is -0.144. The van der Waals surface area contributed by atoms with Crippen molar-refractivity contribution >= 4 is 29.5 Å². The minimum absolute atomic E-state index is 0. The molecular formula is C15H22ClN5O4. The van der Waals surface area contributed by atoms with E-state index >= 15 is 0 Å². The van der Waals surface area contributed by atoms with Crippen molar-refractivity contribution in [2.75, 3.05) is 13.1 Å². The molecule has 0 aromatic carbocycles. The van der Waals surface area contributed by atoms with Crippen LogP contribution < -0.4 is 11.2 Å². The van der Waals surface area contributed by atoms with E-state index in [1.807, 2.05) is 4.90 Å². The van der Waals surface area contributed by atoms with E-state index in [2.05, 4.69) is 4.98 Å². The van der Waals surface area contributed by atoms with E-state index in [1.54, 1.807) is 11.6 Å². The molecule has 1 aliphatic heterocycles. The van der Waals surface area contributed by atoms with Crippen LogP contribution >= 0.6 is 12.4 Å². The molecule has 1 fully saturated rings. The summed E-state index contributed by atoms with van der Waals surface area (Å²) in [6, 6.07) is -0.472. The van der Waals surface area contributed by atoms with Crippen LogP contribution in [-0.4, -0.2) is 53.8 Å². The van der Waals surface area contributed by atoms with Gasteiger partial charge in [-0.3, -0.25) is 23.6 Å². The molecule has 1 unspecified atom stereocenters. The molecule has 25 heavy (non-hydrogen) atoms. The molecule has 0 aliphatic carbocycles. The molecule has 2 aromatic rings. The van der Waals surface area contributed by atoms with Crippen molar-refractivity contribution in [1.82, 2.24) is 23.6 Å². The Bertz CT molecular complexity index is 900. The molecular weight excluding hydrogens is 350 g/mol. The minimum Gasteiger partial charge on any atom is -0.480 e. The molecule has 0 amide bonds. The Kier molecular flexibility index (Phi) is 5.69. The number of aryl methyl sites for hydroxylation is 1. The first-order valence-corrected chi connectivity index (χ1v) is 7.99. The standard InChI is InChI=1S/C15H21N5O4.ClH/c1-17-12-11(13(21)18(2)15(17)24)20(9-16-12)8-7-19-6-4-3-5-10(19)14(22)23;/h9-10H,3-8H2,1-2H3,(H,22,23);1H. The summed E-state index contributed by atoms with van der Waals surface area (Å²) < 4.78 is 4.10. The van der Waals surface area contributed by atoms with Crippen molar-refractivity contribution in [3.05, 3.63) is 27.2 Å². The van der Waals surface area contributed by atoms with Crippen LogP contribution in [-0.2, 0) is 25.4 Å². The molecule has 1 saturated heterocycles. The number of carboxylic acids is 1. The molecule has 9 nitrogen and oxygen atoms in total. The zero-order valence-corrected chi connectivity index (χ0v) is 15.0. The largest absolute Gasteiger partial charge is 0.480 e. The highest BCUT2D eigenvalue weighted by Gasteiger charge is 2.28. The third-order valence-electron chi connectivity index (χ3n) is 4.74. The van der Waals surface area contributed by atoms with Crippen molar-refractivity contribution in [3.63, 3.8) is 0 Å². The number of piperidine rings is 1. The summed E-state index contributed by atoms with van der Waals surface area (Å²) in [6.07, 6.45) is 4.08. The number of hydrogen-bond donors (Lipinski definition) is 1. The second-order valence-electron chi connectivity index (χ2n) is 6.20. The van der Waals surface area contributed by atoms with Crippen molar-refractivity contribution < 1.29 is 9.90 Å². The Labute approximate surface area is 149 Å². The topological polar surface area (TPSA) is 102 Å². The smallest absolute Gasteiger partial charge is 0.332 e. The molecule has 1 aliphatic rings. The molecule has 0 radical (unpaired) electrons. The number of hydrogen-bond acceptors (Lipinski definition) is 5. The molecule has 2 aromatic heterocycles. The quantitative estimate of drug-likeness (QED) is 0.798. The molecule has 10 heteroatoms. The molecule has 3 rings (SSSR count). The van der Waals surface area contributed by atoms with Gasteiger partial charge in [0.05, 0.1) is 6.33 Å². The number of imidazole rings is 1. The molecule has 1 N–H and O–H groups in total. The number of carbonyl (C=O) groups is 1. The first kappa shape index (κ1) is 19.2. The Morgan fingerprint density at radius 2 is 1.96 bits per heavy atom. The third kappa shape index (κ3) is 3.34. The predicted molar refractivity (Wildman–Crippen MR) is 94.3 cm³/mol. The number of likely N-dealkylation sites (tertiary alicyclic amines) is 1. The van der Waals surface area contributed by atoms with Gasteiger partial charge in [0, 0.05) is 27.2 Å². The maximum absolute atomic E-state index is 12.4. The second kappa shape index (κ2) is 7.40. The van der Waals surface area contributed by atoms with Gasteiger partial charge in [-0.1, -0.05) is 6.42 Å². The van der Waals surface area contributed by atoms with Gasteiger partial charge in [-0.15, -0.1) is 12.4 Å². The minimum atomic E-state index is -0.802. The number of fused-ring (bicyclic) bond motifs is 1. The summed E-state index contributed by atoms with van der Waals surface area (Å²) >= 11 is 0. The lowest BCUT2D eigenvalue weighted by atomic mass is 10.0. The van der Waals surface area contributed by atoms with Gasteiger partial charge in [0.1, 0.15) is 6.04 Å². The fraction of sp³-hybridized carbons (Fsp3) is 0.600. The maximum Gasteiger partial charge on any atom is 0.332 e. The fourth-order valence-electron chi connectivity index (χ4n) is 3.34. The van der Waals surface area contributed by atoms with E-state index in [9.17, 15) is 19.5 Å². The molecule has 3 heterocycles. The number of halogens is 1. The van der Waals surface area contributed by atoms with Gasteiger partial charge in [-0.25, -0.2) is 9.78 Å². The highest BCUT2D eigenvalue weighted by molar-refractivity contribution is 5.85. The Morgan fingerprint density at radius 1 is 1.24 bits per heavy atom. The van der Waals surface area contributed by atoms with Crippen LogP contribution in [0, 0.1) is 0 Å². The van der Waals surface area contributed by atoms with Crippen LogP contribution in [0.2, 0.25) is 0 Å². The van der Waals surface area contributed by atoms with Gasteiger partial charge in [0.15, 0.2) is 11.2 Å². The van der Waals surface area contributed by atoms with Gasteiger partial charge in [0.2, 0.25) is 0 Å². The van der Waals surface area contributed by atoms with E-state index in [-0.39, 0.29) is 18.0 Å². The lowest BCUT2D eigenvalue weighted by Gasteiger charge is -2.32. The Balaban J connectivity index is 0.00000225. The average molecular weight is 372 g/mol. The van der Waals surface area contributed by atoms with Crippen LogP contribution in [0.25, 0.3) is 11.2 Å². The van der Waals surface area contributed by atoms with Crippen LogP contribution in [0.3, 0.4) is 0 Å². The van der Waals surface area contributed by atoms with Gasteiger partial charge < -0.3 is 9.67 Å². The summed E-state index contributed by atoms with van der Waals surface area (Å²) in [5, 5.41) is 9.33. The summed E-state index contributed by atoms with van der Waals surface area (Å²) in [7, 11) is 3.01. The highest BCUT2D eigenvalue weighted by atomic mass is 35.5. The van der Waals surface area contributed by atoms with Gasteiger partial charge in [-0.05, 0) is 19.4 Å². The van der Waals surface area contributed by atoms with E-state index in [0.29, 0.717) is 30.7 Å². The van der Waals surface area contributed by atoms with Gasteiger partial charge >= 0.3 is 11.7 Å². The Hall–Kier alpha value is -2.13. The van der Waals surface area contributed by atoms with Crippen LogP contribution in [0.15, 0.2) is 15.9 Å². The molecule has 138 valence electrons. The average Bonchev–Trinajstić information content (AvgIpc) is 3.00. The molecule has 0 spiro atoms. The highest BCUT2D eigenvalue weighted by Crippen LogP contribution is 2.17.